The van der Waals surface area contributed by atoms with Gasteiger partial charge in [0.15, 0.2) is 0 Å². The smallest absolute Gasteiger partial charge is 0.309 e. The maximum atomic E-state index is 11.5. The van der Waals surface area contributed by atoms with Gasteiger partial charge in [-0.2, -0.15) is 0 Å². The Morgan fingerprint density at radius 3 is 2.31 bits per heavy atom. The molecule has 0 atom stereocenters. The number of allylic oxidation sites excluding steroid dienone is 1. The van der Waals surface area contributed by atoms with Gasteiger partial charge >= 0.3 is 5.97 Å². The highest BCUT2D eigenvalue weighted by Crippen LogP contribution is 2.47. The molecule has 0 unspecified atom stereocenters. The van der Waals surface area contributed by atoms with E-state index in [0.717, 1.165) is 44.9 Å². The summed E-state index contributed by atoms with van der Waals surface area (Å²) < 4.78 is 0. The Kier molecular flexibility index (Phi) is 4.17. The fraction of sp³-hybridized carbons (Fsp3) is 0.786. The van der Waals surface area contributed by atoms with Crippen molar-refractivity contribution in [3.8, 4) is 0 Å². The van der Waals surface area contributed by atoms with Gasteiger partial charge in [-0.15, -0.1) is 6.58 Å². The van der Waals surface area contributed by atoms with E-state index in [-0.39, 0.29) is 0 Å². The van der Waals surface area contributed by atoms with Crippen molar-refractivity contribution in [2.45, 2.75) is 58.8 Å². The molecule has 0 amide bonds. The van der Waals surface area contributed by atoms with E-state index in [9.17, 15) is 9.90 Å². The Morgan fingerprint density at radius 2 is 1.88 bits per heavy atom. The molecule has 1 aliphatic carbocycles. The van der Waals surface area contributed by atoms with Crippen LogP contribution >= 0.6 is 0 Å². The maximum Gasteiger partial charge on any atom is 0.309 e. The first-order valence-corrected chi connectivity index (χ1v) is 6.26. The molecule has 0 aliphatic heterocycles. The molecule has 2 nitrogen and oxygen atoms in total. The lowest BCUT2D eigenvalue weighted by Gasteiger charge is -2.41. The number of hydrogen-bond donors (Lipinski definition) is 1. The predicted molar refractivity (Wildman–Crippen MR) is 66.4 cm³/mol. The summed E-state index contributed by atoms with van der Waals surface area (Å²) in [7, 11) is 0. The van der Waals surface area contributed by atoms with Crippen molar-refractivity contribution in [2.24, 2.45) is 10.8 Å². The topological polar surface area (TPSA) is 37.3 Å². The first-order chi connectivity index (χ1) is 7.42. The standard InChI is InChI=1S/C14H24O2/c1-4-5-6-7-14(12(15)16)10-8-13(2,3)9-11-14/h4H,1,5-11H2,2-3H3,(H,15,16). The van der Waals surface area contributed by atoms with Crippen molar-refractivity contribution >= 4 is 5.97 Å². The molecular formula is C14H24O2. The van der Waals surface area contributed by atoms with E-state index < -0.39 is 11.4 Å². The van der Waals surface area contributed by atoms with Crippen molar-refractivity contribution in [3.63, 3.8) is 0 Å². The van der Waals surface area contributed by atoms with Gasteiger partial charge in [-0.1, -0.05) is 19.9 Å². The van der Waals surface area contributed by atoms with E-state index >= 15 is 0 Å². The molecule has 0 aromatic carbocycles. The van der Waals surface area contributed by atoms with E-state index in [2.05, 4.69) is 20.4 Å². The Balaban J connectivity index is 2.61. The molecule has 0 aromatic rings. The largest absolute Gasteiger partial charge is 0.481 e. The fourth-order valence-electron chi connectivity index (χ4n) is 2.56. The molecule has 16 heavy (non-hydrogen) atoms. The van der Waals surface area contributed by atoms with Gasteiger partial charge in [-0.05, 0) is 50.4 Å². The van der Waals surface area contributed by atoms with E-state index in [0.29, 0.717) is 5.41 Å². The summed E-state index contributed by atoms with van der Waals surface area (Å²) in [6.45, 7) is 8.16. The third-order valence-corrected chi connectivity index (χ3v) is 4.08. The lowest BCUT2D eigenvalue weighted by atomic mass is 9.63. The summed E-state index contributed by atoms with van der Waals surface area (Å²) >= 11 is 0. The molecule has 92 valence electrons. The number of rotatable bonds is 5. The zero-order valence-electron chi connectivity index (χ0n) is 10.6. The Bertz CT molecular complexity index is 256. The van der Waals surface area contributed by atoms with Crippen LogP contribution < -0.4 is 0 Å². The Morgan fingerprint density at radius 1 is 1.31 bits per heavy atom. The van der Waals surface area contributed by atoms with Crippen LogP contribution in [0.2, 0.25) is 0 Å². The van der Waals surface area contributed by atoms with Crippen molar-refractivity contribution in [3.05, 3.63) is 12.7 Å². The highest BCUT2D eigenvalue weighted by Gasteiger charge is 2.43. The Labute approximate surface area is 98.7 Å². The SMILES string of the molecule is C=CCCCC1(C(=O)O)CCC(C)(C)CC1. The van der Waals surface area contributed by atoms with Crippen molar-refractivity contribution in [2.75, 3.05) is 0 Å². The molecular weight excluding hydrogens is 200 g/mol. The first-order valence-electron chi connectivity index (χ1n) is 6.26. The molecule has 1 fully saturated rings. The second-order valence-electron chi connectivity index (χ2n) is 5.93. The maximum absolute atomic E-state index is 11.5. The average Bonchev–Trinajstić information content (AvgIpc) is 2.21. The minimum atomic E-state index is -0.591. The average molecular weight is 224 g/mol. The van der Waals surface area contributed by atoms with Crippen LogP contribution in [0.1, 0.15) is 58.8 Å². The van der Waals surface area contributed by atoms with Gasteiger partial charge in [0.1, 0.15) is 0 Å². The zero-order valence-corrected chi connectivity index (χ0v) is 10.6. The van der Waals surface area contributed by atoms with E-state index in [1.165, 1.54) is 0 Å². The van der Waals surface area contributed by atoms with Gasteiger partial charge in [-0.25, -0.2) is 0 Å². The van der Waals surface area contributed by atoms with E-state index in [1.54, 1.807) is 0 Å². The fourth-order valence-corrected chi connectivity index (χ4v) is 2.56. The molecule has 0 bridgehead atoms. The summed E-state index contributed by atoms with van der Waals surface area (Å²) in [5.41, 5.74) is -0.115. The first kappa shape index (κ1) is 13.3. The number of carboxylic acids is 1. The summed E-state index contributed by atoms with van der Waals surface area (Å²) in [5.74, 6) is -0.591. The number of unbranched alkanes of at least 4 members (excludes halogenated alkanes) is 1. The van der Waals surface area contributed by atoms with Crippen LogP contribution in [0.3, 0.4) is 0 Å². The minimum absolute atomic E-state index is 0.331. The van der Waals surface area contributed by atoms with Crippen LogP contribution in [-0.2, 0) is 4.79 Å². The van der Waals surface area contributed by atoms with Crippen molar-refractivity contribution in [1.29, 1.82) is 0 Å². The van der Waals surface area contributed by atoms with Gasteiger partial charge in [0.05, 0.1) is 5.41 Å². The second-order valence-corrected chi connectivity index (χ2v) is 5.93. The molecule has 0 aromatic heterocycles. The van der Waals surface area contributed by atoms with Gasteiger partial charge < -0.3 is 5.11 Å². The van der Waals surface area contributed by atoms with Crippen LogP contribution in [0.5, 0.6) is 0 Å². The monoisotopic (exact) mass is 224 g/mol. The van der Waals surface area contributed by atoms with Crippen LogP contribution in [0.15, 0.2) is 12.7 Å². The molecule has 0 saturated heterocycles. The number of carboxylic acid groups (broad SMARTS) is 1. The van der Waals surface area contributed by atoms with Crippen molar-refractivity contribution in [1.82, 2.24) is 0 Å². The van der Waals surface area contributed by atoms with Crippen LogP contribution in [-0.4, -0.2) is 11.1 Å². The highest BCUT2D eigenvalue weighted by molar-refractivity contribution is 5.74. The number of carbonyl (C=O) groups is 1. The Hall–Kier alpha value is -0.790. The zero-order chi connectivity index (χ0) is 12.2. The van der Waals surface area contributed by atoms with Gasteiger partial charge in [0.2, 0.25) is 0 Å². The van der Waals surface area contributed by atoms with Crippen LogP contribution in [0.25, 0.3) is 0 Å². The lowest BCUT2D eigenvalue weighted by Crippen LogP contribution is -2.37. The molecule has 1 saturated carbocycles. The molecule has 0 radical (unpaired) electrons. The molecule has 1 N–H and O–H groups in total. The van der Waals surface area contributed by atoms with E-state index in [1.807, 2.05) is 6.08 Å². The normalized spacial score (nSPS) is 22.6. The van der Waals surface area contributed by atoms with E-state index in [4.69, 9.17) is 0 Å². The summed E-state index contributed by atoms with van der Waals surface area (Å²) in [6, 6.07) is 0. The minimum Gasteiger partial charge on any atom is -0.481 e. The third-order valence-electron chi connectivity index (χ3n) is 4.08. The summed E-state index contributed by atoms with van der Waals surface area (Å²) in [6.07, 6.45) is 8.32. The highest BCUT2D eigenvalue weighted by atomic mass is 16.4. The molecule has 1 rings (SSSR count). The van der Waals surface area contributed by atoms with Crippen LogP contribution in [0.4, 0.5) is 0 Å². The summed E-state index contributed by atoms with van der Waals surface area (Å²) in [5, 5.41) is 9.43. The van der Waals surface area contributed by atoms with Gasteiger partial charge in [0, 0.05) is 0 Å². The van der Waals surface area contributed by atoms with Crippen molar-refractivity contribution < 1.29 is 9.90 Å². The summed E-state index contributed by atoms with van der Waals surface area (Å²) in [4.78, 5) is 11.5. The lowest BCUT2D eigenvalue weighted by molar-refractivity contribution is -0.153. The molecule has 1 aliphatic rings. The van der Waals surface area contributed by atoms with Crippen LogP contribution in [0, 0.1) is 10.8 Å². The second kappa shape index (κ2) is 5.03. The van der Waals surface area contributed by atoms with Gasteiger partial charge in [0.25, 0.3) is 0 Å². The molecule has 0 heterocycles. The predicted octanol–water partition coefficient (Wildman–Crippen LogP) is 4.01. The third kappa shape index (κ3) is 3.10. The number of hydrogen-bond acceptors (Lipinski definition) is 1. The molecule has 2 heteroatoms. The quantitative estimate of drug-likeness (QED) is 0.566. The van der Waals surface area contributed by atoms with Gasteiger partial charge in [-0.3, -0.25) is 4.79 Å². The number of aliphatic carboxylic acids is 1. The molecule has 0 spiro atoms.